The number of nitrogens with zero attached hydrogens (tertiary/aromatic N) is 15. The molecule has 0 aliphatic carbocycles. The maximum absolute atomic E-state index is 15.2. The maximum Gasteiger partial charge on any atom is 0.344 e. The minimum absolute atomic E-state index is 1.72. The first-order valence-corrected chi connectivity index (χ1v) is 22.6. The average Bonchev–Trinajstić information content (AvgIpc) is 0.841. The second kappa shape index (κ2) is 29.9. The van der Waals surface area contributed by atoms with Crippen LogP contribution in [0.1, 0.15) is 51.8 Å². The molecule has 478 valence electrons. The molecule has 0 N–H and O–H groups in total. The van der Waals surface area contributed by atoms with Crippen molar-refractivity contribution < 1.29 is 145 Å². The topological polar surface area (TPSA) is 394 Å². The van der Waals surface area contributed by atoms with E-state index in [2.05, 4.69) is 44.5 Å². The van der Waals surface area contributed by atoms with E-state index in [4.69, 9.17) is 41.9 Å². The minimum atomic E-state index is -2.79. The molecular weight excluding hydrogens is 1310 g/mol. The molecule has 0 heterocycles. The number of halogens is 20. The van der Waals surface area contributed by atoms with Crippen LogP contribution in [0.3, 0.4) is 0 Å². The zero-order valence-electron chi connectivity index (χ0n) is 42.6. The van der Waals surface area contributed by atoms with Gasteiger partial charge < -0.3 is 33.2 Å². The van der Waals surface area contributed by atoms with Crippen molar-refractivity contribution in [3.63, 3.8) is 0 Å². The van der Waals surface area contributed by atoms with Gasteiger partial charge in [-0.05, 0) is 27.7 Å². The Bertz CT molecular complexity index is 3810. The van der Waals surface area contributed by atoms with Crippen molar-refractivity contribution in [3.05, 3.63) is 196 Å². The summed E-state index contributed by atoms with van der Waals surface area (Å²) in [6.45, 7) is -10.8. The third-order valence-corrected chi connectivity index (χ3v) is 10.8. The van der Waals surface area contributed by atoms with Gasteiger partial charge in [0.2, 0.25) is 0 Å². The van der Waals surface area contributed by atoms with E-state index in [1.807, 2.05) is 24.6 Å². The molecule has 2 atom stereocenters. The number of esters is 5. The lowest BCUT2D eigenvalue weighted by molar-refractivity contribution is -0.0793. The summed E-state index contributed by atoms with van der Waals surface area (Å²) in [5.41, 5.74) is 20.4. The molecule has 0 aliphatic heterocycles. The fourth-order valence-corrected chi connectivity index (χ4v) is 6.78. The fraction of sp³-hybridized carbons (Fsp3) is 0.205. The predicted octanol–water partition coefficient (Wildman–Crippen LogP) is 13.9. The van der Waals surface area contributed by atoms with E-state index in [9.17, 15) is 85.4 Å². The van der Waals surface area contributed by atoms with Crippen LogP contribution in [0.15, 0.2) is 25.6 Å². The van der Waals surface area contributed by atoms with Gasteiger partial charge in [-0.15, -0.1) is 0 Å². The van der Waals surface area contributed by atoms with Crippen LogP contribution in [0, 0.1) is 116 Å². The quantitative estimate of drug-likeness (QED) is 0.0100. The summed E-state index contributed by atoms with van der Waals surface area (Å²) < 4.78 is 330. The molecule has 0 fully saturated rings. The molecule has 0 saturated heterocycles. The second-order valence-electron chi connectivity index (χ2n) is 16.2. The molecule has 0 radical (unpaired) electrons. The molecule has 5 aromatic carbocycles. The molecule has 0 bridgehead atoms. The number of carbonyl (C=O) groups excluding carboxylic acids is 5. The van der Waals surface area contributed by atoms with Gasteiger partial charge in [0, 0.05) is 24.6 Å². The van der Waals surface area contributed by atoms with E-state index in [0.29, 0.717) is 0 Å². The minimum Gasteiger partial charge on any atom is -0.458 e. The number of ether oxygens (including phenoxy) is 7. The van der Waals surface area contributed by atoms with Crippen LogP contribution in [0.2, 0.25) is 0 Å². The summed E-state index contributed by atoms with van der Waals surface area (Å²) in [4.78, 5) is 74.7. The standard InChI is InChI=1S/C44H15F20N15O12/c45-15-10(16(46)26(56)35(25(15)55)70-75-65)40(80)87-5-8(90-43(83)13-21(51)31(61)38(73-78-68)32(62)22(13)52)3-85-1-7(89-42(82)12-19(49)29(59)37(72-77-67)30(60)20(12)50)2-86-4-9(91-44(84)14-23(53)33(63)39(74-79-69)34(64)24(14)54)6-88-41(81)11-17(47)27(57)36(71-76-66)28(58)18(11)48/h7-9H,1-6H2. The summed E-state index contributed by atoms with van der Waals surface area (Å²) in [7, 11) is 0. The van der Waals surface area contributed by atoms with Crippen LogP contribution in [-0.2, 0) is 33.2 Å². The van der Waals surface area contributed by atoms with E-state index in [-0.39, 0.29) is 0 Å². The van der Waals surface area contributed by atoms with Crippen LogP contribution in [0.4, 0.5) is 116 Å². The van der Waals surface area contributed by atoms with Crippen molar-refractivity contribution in [1.82, 2.24) is 0 Å². The fourth-order valence-electron chi connectivity index (χ4n) is 6.78. The molecule has 5 rings (SSSR count). The first-order valence-electron chi connectivity index (χ1n) is 22.6. The highest BCUT2D eigenvalue weighted by atomic mass is 19.2. The van der Waals surface area contributed by atoms with Gasteiger partial charge >= 0.3 is 29.8 Å². The van der Waals surface area contributed by atoms with Crippen molar-refractivity contribution >= 4 is 58.3 Å². The lowest BCUT2D eigenvalue weighted by atomic mass is 10.1. The second-order valence-corrected chi connectivity index (χ2v) is 16.2. The molecule has 0 saturated carbocycles. The van der Waals surface area contributed by atoms with Crippen molar-refractivity contribution in [2.45, 2.75) is 18.3 Å². The highest BCUT2D eigenvalue weighted by Crippen LogP contribution is 2.36. The number of hydrogen-bond acceptors (Lipinski definition) is 17. The Morgan fingerprint density at radius 3 is 0.582 bits per heavy atom. The van der Waals surface area contributed by atoms with Crippen LogP contribution < -0.4 is 0 Å². The Balaban J connectivity index is 1.57. The van der Waals surface area contributed by atoms with Crippen molar-refractivity contribution in [2.24, 2.45) is 25.6 Å². The average molecular weight is 1330 g/mol. The Morgan fingerprint density at radius 2 is 0.418 bits per heavy atom. The van der Waals surface area contributed by atoms with E-state index in [1.165, 1.54) is 0 Å². The monoisotopic (exact) mass is 1330 g/mol. The van der Waals surface area contributed by atoms with E-state index in [1.54, 1.807) is 0 Å². The zero-order valence-corrected chi connectivity index (χ0v) is 42.6. The Labute approximate surface area is 482 Å². The molecule has 0 aromatic heterocycles. The normalized spacial score (nSPS) is 11.7. The number of rotatable bonds is 25. The Morgan fingerprint density at radius 1 is 0.264 bits per heavy atom. The van der Waals surface area contributed by atoms with Gasteiger partial charge in [-0.3, -0.25) is 0 Å². The number of carbonyl (C=O) groups is 5. The van der Waals surface area contributed by atoms with Gasteiger partial charge in [0.15, 0.2) is 129 Å². The van der Waals surface area contributed by atoms with Gasteiger partial charge in [0.05, 0.1) is 26.4 Å². The van der Waals surface area contributed by atoms with Crippen LogP contribution in [0.25, 0.3) is 52.2 Å². The highest BCUT2D eigenvalue weighted by Gasteiger charge is 2.38. The summed E-state index contributed by atoms with van der Waals surface area (Å²) in [6.07, 6.45) is -8.27. The molecule has 27 nitrogen and oxygen atoms in total. The van der Waals surface area contributed by atoms with Crippen LogP contribution >= 0.6 is 0 Å². The molecule has 2 unspecified atom stereocenters. The zero-order chi connectivity index (χ0) is 68.2. The lowest BCUT2D eigenvalue weighted by Crippen LogP contribution is -2.36. The van der Waals surface area contributed by atoms with Gasteiger partial charge in [0.1, 0.15) is 75.6 Å². The van der Waals surface area contributed by atoms with Crippen molar-refractivity contribution in [2.75, 3.05) is 39.6 Å². The number of hydrogen-bond donors (Lipinski definition) is 0. The van der Waals surface area contributed by atoms with Crippen molar-refractivity contribution in [1.29, 1.82) is 0 Å². The van der Waals surface area contributed by atoms with Gasteiger partial charge in [-0.1, -0.05) is 25.6 Å². The first kappa shape index (κ1) is 70.3. The van der Waals surface area contributed by atoms with Crippen LogP contribution in [0.5, 0.6) is 0 Å². The smallest absolute Gasteiger partial charge is 0.344 e. The molecule has 47 heteroatoms. The van der Waals surface area contributed by atoms with E-state index in [0.717, 1.165) is 0 Å². The van der Waals surface area contributed by atoms with Gasteiger partial charge in [0.25, 0.3) is 0 Å². The van der Waals surface area contributed by atoms with Gasteiger partial charge in [-0.25, -0.2) is 112 Å². The molecule has 91 heavy (non-hydrogen) atoms. The maximum atomic E-state index is 15.2. The summed E-state index contributed by atoms with van der Waals surface area (Å²) >= 11 is 0. The SMILES string of the molecule is [N-]=[N+]=Nc1c(F)c(F)c(C(=O)OCC(COCC(COCC(COC(=O)c2c(F)c(F)c(N=[N+]=[N-])c(F)c2F)OC(=O)c2c(F)c(F)c(N=[N+]=[N-])c(F)c2F)OC(=O)c2c(F)c(F)c(N=[N+]=[N-])c(F)c2F)OC(=O)c2c(F)c(F)c(N=[N+]=[N-])c(F)c2F)c(F)c1F. The molecule has 0 amide bonds. The summed E-state index contributed by atoms with van der Waals surface area (Å²) in [5, 5.41) is 11.7. The highest BCUT2D eigenvalue weighted by molar-refractivity contribution is 5.93. The van der Waals surface area contributed by atoms with Gasteiger partial charge in [-0.2, -0.15) is 0 Å². The number of benzene rings is 5. The number of azide groups is 5. The summed E-state index contributed by atoms with van der Waals surface area (Å²) in [6, 6.07) is 0. The third kappa shape index (κ3) is 14.6. The van der Waals surface area contributed by atoms with Crippen molar-refractivity contribution in [3.8, 4) is 0 Å². The van der Waals surface area contributed by atoms with Crippen LogP contribution in [-0.4, -0.2) is 87.8 Å². The summed E-state index contributed by atoms with van der Waals surface area (Å²) in [5.74, 6) is -66.4. The predicted molar refractivity (Wildman–Crippen MR) is 245 cm³/mol. The van der Waals surface area contributed by atoms with E-state index >= 15 is 26.3 Å². The molecular formula is C44H15F20N15O12. The lowest BCUT2D eigenvalue weighted by Gasteiger charge is -2.23. The first-order chi connectivity index (χ1) is 42.9. The largest absolute Gasteiger partial charge is 0.458 e. The molecule has 0 spiro atoms. The Hall–Kier alpha value is -11.5. The molecule has 5 aromatic rings. The molecule has 0 aliphatic rings. The Kier molecular flexibility index (Phi) is 23.1. The van der Waals surface area contributed by atoms with E-state index < -0.39 is 260 Å². The third-order valence-electron chi connectivity index (χ3n) is 10.8.